The van der Waals surface area contributed by atoms with E-state index >= 15 is 0 Å². The first-order valence-electron chi connectivity index (χ1n) is 4.17. The Morgan fingerprint density at radius 3 is 2.17 bits per heavy atom. The summed E-state index contributed by atoms with van der Waals surface area (Å²) in [5.74, 6) is 0. The highest BCUT2D eigenvalue weighted by Gasteiger charge is 2.21. The second-order valence-corrected chi connectivity index (χ2v) is 4.12. The van der Waals surface area contributed by atoms with Crippen molar-refractivity contribution in [3.8, 4) is 0 Å². The summed E-state index contributed by atoms with van der Waals surface area (Å²) in [5.41, 5.74) is 7.31. The highest BCUT2D eigenvalue weighted by molar-refractivity contribution is 5.16. The molecular weight excluding hydrogens is 148 g/mol. The summed E-state index contributed by atoms with van der Waals surface area (Å²) < 4.78 is 0. The smallest absolute Gasteiger partial charge is 0.0345 e. The van der Waals surface area contributed by atoms with E-state index in [1.807, 2.05) is 12.1 Å². The van der Waals surface area contributed by atoms with E-state index in [2.05, 4.69) is 25.8 Å². The van der Waals surface area contributed by atoms with Crippen LogP contribution in [0.15, 0.2) is 24.5 Å². The second-order valence-electron chi connectivity index (χ2n) is 4.12. The maximum absolute atomic E-state index is 6.04. The van der Waals surface area contributed by atoms with Gasteiger partial charge in [-0.2, -0.15) is 0 Å². The number of nitrogens with zero attached hydrogens (tertiary/aromatic N) is 1. The lowest BCUT2D eigenvalue weighted by Crippen LogP contribution is -2.26. The van der Waals surface area contributed by atoms with Gasteiger partial charge in [0.15, 0.2) is 0 Å². The van der Waals surface area contributed by atoms with Gasteiger partial charge in [-0.15, -0.1) is 0 Å². The van der Waals surface area contributed by atoms with E-state index in [4.69, 9.17) is 5.73 Å². The van der Waals surface area contributed by atoms with Crippen molar-refractivity contribution in [1.29, 1.82) is 0 Å². The molecular formula is C10H16N2. The summed E-state index contributed by atoms with van der Waals surface area (Å²) in [6.07, 6.45) is 3.56. The molecule has 0 unspecified atom stereocenters. The molecule has 0 aliphatic rings. The van der Waals surface area contributed by atoms with Crippen LogP contribution in [-0.4, -0.2) is 4.98 Å². The van der Waals surface area contributed by atoms with E-state index in [1.165, 1.54) is 0 Å². The van der Waals surface area contributed by atoms with E-state index in [0.717, 1.165) is 5.56 Å². The minimum Gasteiger partial charge on any atom is -0.324 e. The number of pyridine rings is 1. The van der Waals surface area contributed by atoms with Crippen molar-refractivity contribution in [1.82, 2.24) is 4.98 Å². The van der Waals surface area contributed by atoms with E-state index in [1.54, 1.807) is 12.4 Å². The van der Waals surface area contributed by atoms with Crippen LogP contribution in [0, 0.1) is 5.41 Å². The molecule has 2 heteroatoms. The molecule has 0 spiro atoms. The Labute approximate surface area is 73.8 Å². The van der Waals surface area contributed by atoms with Gasteiger partial charge in [-0.1, -0.05) is 20.8 Å². The lowest BCUT2D eigenvalue weighted by atomic mass is 9.83. The summed E-state index contributed by atoms with van der Waals surface area (Å²) in [4.78, 5) is 3.95. The third kappa shape index (κ3) is 2.05. The predicted molar refractivity (Wildman–Crippen MR) is 50.6 cm³/mol. The summed E-state index contributed by atoms with van der Waals surface area (Å²) in [5, 5.41) is 0. The topological polar surface area (TPSA) is 38.9 Å². The van der Waals surface area contributed by atoms with Crippen LogP contribution < -0.4 is 5.73 Å². The van der Waals surface area contributed by atoms with E-state index in [-0.39, 0.29) is 11.5 Å². The van der Waals surface area contributed by atoms with Crippen molar-refractivity contribution in [2.24, 2.45) is 11.1 Å². The Balaban J connectivity index is 2.86. The van der Waals surface area contributed by atoms with Crippen LogP contribution in [0.2, 0.25) is 0 Å². The minimum atomic E-state index is 0.0838. The Morgan fingerprint density at radius 2 is 1.75 bits per heavy atom. The molecule has 12 heavy (non-hydrogen) atoms. The molecule has 0 radical (unpaired) electrons. The lowest BCUT2D eigenvalue weighted by molar-refractivity contribution is 0.327. The fourth-order valence-electron chi connectivity index (χ4n) is 1.07. The molecule has 1 aromatic heterocycles. The van der Waals surface area contributed by atoms with E-state index in [9.17, 15) is 0 Å². The molecule has 0 fully saturated rings. The molecule has 0 saturated heterocycles. The predicted octanol–water partition coefficient (Wildman–Crippen LogP) is 2.13. The summed E-state index contributed by atoms with van der Waals surface area (Å²) in [7, 11) is 0. The quantitative estimate of drug-likeness (QED) is 0.690. The molecule has 1 aromatic rings. The first-order valence-corrected chi connectivity index (χ1v) is 4.17. The van der Waals surface area contributed by atoms with Gasteiger partial charge < -0.3 is 5.73 Å². The van der Waals surface area contributed by atoms with Crippen LogP contribution >= 0.6 is 0 Å². The van der Waals surface area contributed by atoms with Gasteiger partial charge >= 0.3 is 0 Å². The van der Waals surface area contributed by atoms with Crippen molar-refractivity contribution in [2.45, 2.75) is 26.8 Å². The van der Waals surface area contributed by atoms with E-state index in [0.29, 0.717) is 0 Å². The Bertz CT molecular complexity index is 236. The van der Waals surface area contributed by atoms with Gasteiger partial charge in [0.2, 0.25) is 0 Å². The zero-order valence-corrected chi connectivity index (χ0v) is 7.91. The van der Waals surface area contributed by atoms with Crippen LogP contribution in [0.1, 0.15) is 32.4 Å². The van der Waals surface area contributed by atoms with Gasteiger partial charge in [0.25, 0.3) is 0 Å². The number of hydrogen-bond donors (Lipinski definition) is 1. The second kappa shape index (κ2) is 3.23. The van der Waals surface area contributed by atoms with Crippen LogP contribution in [0.3, 0.4) is 0 Å². The largest absolute Gasteiger partial charge is 0.324 e. The normalized spacial score (nSPS) is 14.3. The third-order valence-electron chi connectivity index (χ3n) is 2.00. The van der Waals surface area contributed by atoms with Crippen molar-refractivity contribution in [2.75, 3.05) is 0 Å². The molecule has 0 saturated carbocycles. The molecule has 0 aliphatic carbocycles. The van der Waals surface area contributed by atoms with Crippen LogP contribution in [0.5, 0.6) is 0 Å². The molecule has 1 atom stereocenters. The van der Waals surface area contributed by atoms with Crippen molar-refractivity contribution in [3.63, 3.8) is 0 Å². The van der Waals surface area contributed by atoms with E-state index < -0.39 is 0 Å². The summed E-state index contributed by atoms with van der Waals surface area (Å²) in [6.45, 7) is 6.41. The van der Waals surface area contributed by atoms with Crippen molar-refractivity contribution in [3.05, 3.63) is 30.1 Å². The molecule has 1 heterocycles. The van der Waals surface area contributed by atoms with Gasteiger partial charge in [0, 0.05) is 18.4 Å². The number of aromatic nitrogens is 1. The molecule has 2 N–H and O–H groups in total. The fraction of sp³-hybridized carbons (Fsp3) is 0.500. The molecule has 0 aromatic carbocycles. The zero-order chi connectivity index (χ0) is 9.19. The number of hydrogen-bond acceptors (Lipinski definition) is 2. The van der Waals surface area contributed by atoms with Crippen LogP contribution in [0.25, 0.3) is 0 Å². The third-order valence-corrected chi connectivity index (χ3v) is 2.00. The fourth-order valence-corrected chi connectivity index (χ4v) is 1.07. The molecule has 66 valence electrons. The first kappa shape index (κ1) is 9.20. The zero-order valence-electron chi connectivity index (χ0n) is 7.91. The van der Waals surface area contributed by atoms with Crippen molar-refractivity contribution >= 4 is 0 Å². The van der Waals surface area contributed by atoms with Gasteiger partial charge in [-0.25, -0.2) is 0 Å². The standard InChI is InChI=1S/C10H16N2/c1-10(2,3)9(11)8-4-6-12-7-5-8/h4-7,9H,11H2,1-3H3/t9-/m0/s1. The van der Waals surface area contributed by atoms with Crippen molar-refractivity contribution < 1.29 is 0 Å². The molecule has 0 bridgehead atoms. The highest BCUT2D eigenvalue weighted by atomic mass is 14.7. The number of rotatable bonds is 1. The van der Waals surface area contributed by atoms with Gasteiger partial charge in [-0.05, 0) is 23.1 Å². The summed E-state index contributed by atoms with van der Waals surface area (Å²) >= 11 is 0. The first-order chi connectivity index (χ1) is 5.52. The molecule has 1 rings (SSSR count). The average Bonchev–Trinajstić information content (AvgIpc) is 2.03. The highest BCUT2D eigenvalue weighted by Crippen LogP contribution is 2.29. The Hall–Kier alpha value is -0.890. The summed E-state index contributed by atoms with van der Waals surface area (Å²) in [6, 6.07) is 4.02. The maximum Gasteiger partial charge on any atom is 0.0345 e. The van der Waals surface area contributed by atoms with Crippen LogP contribution in [0.4, 0.5) is 0 Å². The van der Waals surface area contributed by atoms with Gasteiger partial charge in [0.1, 0.15) is 0 Å². The van der Waals surface area contributed by atoms with Crippen LogP contribution in [-0.2, 0) is 0 Å². The lowest BCUT2D eigenvalue weighted by Gasteiger charge is -2.27. The molecule has 0 amide bonds. The van der Waals surface area contributed by atoms with Gasteiger partial charge in [0.05, 0.1) is 0 Å². The maximum atomic E-state index is 6.04. The molecule has 2 nitrogen and oxygen atoms in total. The molecule has 0 aliphatic heterocycles. The number of nitrogens with two attached hydrogens (primary N) is 1. The monoisotopic (exact) mass is 164 g/mol. The Morgan fingerprint density at radius 1 is 1.25 bits per heavy atom. The van der Waals surface area contributed by atoms with Gasteiger partial charge in [-0.3, -0.25) is 4.98 Å². The average molecular weight is 164 g/mol. The SMILES string of the molecule is CC(C)(C)[C@@H](N)c1ccncc1. The minimum absolute atomic E-state index is 0.0838. The Kier molecular flexibility index (Phi) is 2.48.